The third-order valence-corrected chi connectivity index (χ3v) is 5.93. The van der Waals surface area contributed by atoms with Gasteiger partial charge in [-0.2, -0.15) is 0 Å². The number of carbonyl (C=O) groups is 2. The molecular formula is C38H32O8Pd. The van der Waals surface area contributed by atoms with Crippen LogP contribution in [0.15, 0.2) is 145 Å². The second kappa shape index (κ2) is 19.5. The number of carbonyl (C=O) groups excluding carboxylic acids is 2. The van der Waals surface area contributed by atoms with Crippen molar-refractivity contribution in [3.63, 3.8) is 0 Å². The molecule has 0 atom stereocenters. The predicted octanol–water partition coefficient (Wildman–Crippen LogP) is 7.67. The van der Waals surface area contributed by atoms with Crippen molar-refractivity contribution in [2.45, 2.75) is 0 Å². The van der Waals surface area contributed by atoms with Crippen LogP contribution in [-0.4, -0.2) is 42.2 Å². The number of aromatic hydroxyl groups is 4. The molecule has 0 radical (unpaired) electrons. The number of benzene rings is 4. The van der Waals surface area contributed by atoms with Gasteiger partial charge in [0, 0.05) is 32.6 Å². The molecule has 9 heteroatoms. The van der Waals surface area contributed by atoms with Gasteiger partial charge < -0.3 is 30.6 Å². The van der Waals surface area contributed by atoms with E-state index < -0.39 is 0 Å². The standard InChI is InChI=1S/2C19H16O4.Pd/c2*20-16-7-1-14(2-8-16)5-11-18(22)13-19(23)12-6-15-3-9-17(21)10-4-15;/h2*1-13,20-22H;/b2*11-5+,12-6+,18-13-;. The molecule has 0 bridgehead atoms. The first-order valence-corrected chi connectivity index (χ1v) is 13.8. The van der Waals surface area contributed by atoms with Crippen molar-refractivity contribution in [2.24, 2.45) is 0 Å². The van der Waals surface area contributed by atoms with Gasteiger partial charge in [-0.25, -0.2) is 0 Å². The number of phenols is 4. The van der Waals surface area contributed by atoms with Crippen LogP contribution in [0, 0.1) is 0 Å². The fourth-order valence-corrected chi connectivity index (χ4v) is 3.55. The number of rotatable bonds is 10. The van der Waals surface area contributed by atoms with Crippen LogP contribution in [0.4, 0.5) is 0 Å². The van der Waals surface area contributed by atoms with E-state index in [1.807, 2.05) is 0 Å². The van der Waals surface area contributed by atoms with Crippen LogP contribution in [0.1, 0.15) is 22.3 Å². The molecule has 8 nitrogen and oxygen atoms in total. The smallest absolute Gasteiger partial charge is 0.182 e. The van der Waals surface area contributed by atoms with E-state index >= 15 is 0 Å². The van der Waals surface area contributed by atoms with E-state index in [0.29, 0.717) is 0 Å². The molecule has 4 aromatic rings. The SMILES string of the molecule is O=C(/C=C(O)/C=C/c1ccc(O)cc1)/C=C/c1ccc(O)cc1.O=C(/C=C(O)/C=C/c1ccc(O)cc1)/C=C/c1ccc(O)cc1.[Pd]. The van der Waals surface area contributed by atoms with Crippen LogP contribution in [0.2, 0.25) is 0 Å². The largest absolute Gasteiger partial charge is 0.508 e. The number of aliphatic hydroxyl groups is 2. The normalized spacial score (nSPS) is 11.8. The summed E-state index contributed by atoms with van der Waals surface area (Å²) < 4.78 is 0. The molecule has 0 saturated heterocycles. The second-order valence-electron chi connectivity index (χ2n) is 9.64. The van der Waals surface area contributed by atoms with Crippen LogP contribution in [0.5, 0.6) is 23.0 Å². The Morgan fingerprint density at radius 3 is 0.830 bits per heavy atom. The van der Waals surface area contributed by atoms with Crippen molar-refractivity contribution in [3.05, 3.63) is 167 Å². The molecule has 0 fully saturated rings. The fourth-order valence-electron chi connectivity index (χ4n) is 3.55. The molecule has 0 saturated carbocycles. The minimum Gasteiger partial charge on any atom is -0.508 e. The van der Waals surface area contributed by atoms with Gasteiger partial charge in [0.1, 0.15) is 34.5 Å². The van der Waals surface area contributed by atoms with Gasteiger partial charge in [0.05, 0.1) is 0 Å². The molecule has 0 heterocycles. The van der Waals surface area contributed by atoms with Gasteiger partial charge in [-0.05, 0) is 95.1 Å². The average Bonchev–Trinajstić information content (AvgIpc) is 3.04. The number of phenolic OH excluding ortho intramolecular Hbond substituents is 4. The molecule has 0 amide bonds. The molecule has 0 aliphatic heterocycles. The van der Waals surface area contributed by atoms with Crippen LogP contribution in [0.3, 0.4) is 0 Å². The summed E-state index contributed by atoms with van der Waals surface area (Å²) in [6.07, 6.45) is 14.1. The Bertz CT molecular complexity index is 1640. The Morgan fingerprint density at radius 2 is 0.596 bits per heavy atom. The molecule has 242 valence electrons. The van der Waals surface area contributed by atoms with Gasteiger partial charge in [0.2, 0.25) is 0 Å². The summed E-state index contributed by atoms with van der Waals surface area (Å²) in [5.74, 6) is -0.405. The zero-order valence-corrected chi connectivity index (χ0v) is 26.4. The van der Waals surface area contributed by atoms with Gasteiger partial charge in [-0.3, -0.25) is 9.59 Å². The third kappa shape index (κ3) is 15.1. The maximum atomic E-state index is 11.7. The van der Waals surface area contributed by atoms with E-state index in [2.05, 4.69) is 0 Å². The average molecular weight is 723 g/mol. The summed E-state index contributed by atoms with van der Waals surface area (Å²) in [6, 6.07) is 25.7. The van der Waals surface area contributed by atoms with Crippen LogP contribution in [0.25, 0.3) is 24.3 Å². The van der Waals surface area contributed by atoms with Gasteiger partial charge >= 0.3 is 0 Å². The van der Waals surface area contributed by atoms with E-state index in [-0.39, 0.29) is 66.5 Å². The monoisotopic (exact) mass is 722 g/mol. The van der Waals surface area contributed by atoms with Gasteiger partial charge in [-0.15, -0.1) is 0 Å². The topological polar surface area (TPSA) is 156 Å². The predicted molar refractivity (Wildman–Crippen MR) is 180 cm³/mol. The summed E-state index contributed by atoms with van der Waals surface area (Å²) in [4.78, 5) is 23.4. The summed E-state index contributed by atoms with van der Waals surface area (Å²) >= 11 is 0. The molecule has 4 aromatic carbocycles. The van der Waals surface area contributed by atoms with Crippen LogP contribution in [-0.2, 0) is 30.0 Å². The Morgan fingerprint density at radius 1 is 0.383 bits per heavy atom. The Labute approximate surface area is 285 Å². The quantitative estimate of drug-likeness (QED) is 0.0422. The van der Waals surface area contributed by atoms with Crippen molar-refractivity contribution >= 4 is 35.9 Å². The van der Waals surface area contributed by atoms with E-state index in [1.165, 1.54) is 72.8 Å². The summed E-state index contributed by atoms with van der Waals surface area (Å²) in [7, 11) is 0. The Kier molecular flexibility index (Phi) is 15.5. The minimum absolute atomic E-state index is 0. The first kappa shape index (κ1) is 37.3. The molecule has 0 unspecified atom stereocenters. The van der Waals surface area contributed by atoms with Crippen LogP contribution < -0.4 is 0 Å². The number of aliphatic hydroxyl groups excluding tert-OH is 2. The molecule has 0 aromatic heterocycles. The van der Waals surface area contributed by atoms with E-state index in [1.54, 1.807) is 72.8 Å². The van der Waals surface area contributed by atoms with Crippen molar-refractivity contribution in [1.82, 2.24) is 0 Å². The number of hydrogen-bond donors (Lipinski definition) is 6. The zero-order chi connectivity index (χ0) is 33.3. The molecule has 0 aliphatic rings. The first-order chi connectivity index (χ1) is 22.0. The zero-order valence-electron chi connectivity index (χ0n) is 24.8. The van der Waals surface area contributed by atoms with E-state index in [0.717, 1.165) is 34.4 Å². The van der Waals surface area contributed by atoms with Crippen molar-refractivity contribution in [1.29, 1.82) is 0 Å². The van der Waals surface area contributed by atoms with E-state index in [4.69, 9.17) is 10.2 Å². The van der Waals surface area contributed by atoms with Crippen molar-refractivity contribution in [2.75, 3.05) is 0 Å². The summed E-state index contributed by atoms with van der Waals surface area (Å²) in [5, 5.41) is 56.1. The van der Waals surface area contributed by atoms with E-state index in [9.17, 15) is 30.0 Å². The Hall–Kier alpha value is -5.88. The second-order valence-corrected chi connectivity index (χ2v) is 9.64. The van der Waals surface area contributed by atoms with Crippen molar-refractivity contribution < 1.29 is 60.7 Å². The number of hydrogen-bond acceptors (Lipinski definition) is 8. The fraction of sp³-hybridized carbons (Fsp3) is 0. The summed E-state index contributed by atoms with van der Waals surface area (Å²) in [5.41, 5.74) is 3.11. The molecular weight excluding hydrogens is 691 g/mol. The summed E-state index contributed by atoms with van der Waals surface area (Å²) in [6.45, 7) is 0. The molecule has 4 rings (SSSR count). The maximum Gasteiger partial charge on any atom is 0.182 e. The third-order valence-electron chi connectivity index (χ3n) is 5.93. The van der Waals surface area contributed by atoms with Gasteiger partial charge in [-0.1, -0.05) is 72.8 Å². The van der Waals surface area contributed by atoms with Gasteiger partial charge in [0.25, 0.3) is 0 Å². The van der Waals surface area contributed by atoms with Gasteiger partial charge in [0.15, 0.2) is 11.6 Å². The molecule has 0 aliphatic carbocycles. The van der Waals surface area contributed by atoms with Crippen molar-refractivity contribution in [3.8, 4) is 23.0 Å². The molecule has 6 N–H and O–H groups in total. The Balaban J connectivity index is 0.000000320. The first-order valence-electron chi connectivity index (χ1n) is 13.8. The minimum atomic E-state index is -0.356. The molecule has 47 heavy (non-hydrogen) atoms. The number of allylic oxidation sites excluding steroid dienone is 6. The molecule has 0 spiro atoms. The maximum absolute atomic E-state index is 11.7. The van der Waals surface area contributed by atoms with Crippen LogP contribution >= 0.6 is 0 Å². The number of ketones is 2.